The summed E-state index contributed by atoms with van der Waals surface area (Å²) in [5, 5.41) is 3.49. The van der Waals surface area contributed by atoms with Crippen LogP contribution < -0.4 is 5.32 Å². The van der Waals surface area contributed by atoms with Gasteiger partial charge in [-0.05, 0) is 39.2 Å². The average Bonchev–Trinajstić information content (AvgIpc) is 3.04. The van der Waals surface area contributed by atoms with Gasteiger partial charge in [0.1, 0.15) is 5.82 Å². The maximum absolute atomic E-state index is 4.59. The number of aryl methyl sites for hydroxylation is 1. The zero-order chi connectivity index (χ0) is 10.3. The molecule has 1 aromatic rings. The Morgan fingerprint density at radius 1 is 1.40 bits per heavy atom. The molecule has 2 aliphatic rings. The Morgan fingerprint density at radius 3 is 2.93 bits per heavy atom. The van der Waals surface area contributed by atoms with Gasteiger partial charge in [0.25, 0.3) is 0 Å². The van der Waals surface area contributed by atoms with E-state index in [1.54, 1.807) is 0 Å². The predicted molar refractivity (Wildman–Crippen MR) is 60.1 cm³/mol. The summed E-state index contributed by atoms with van der Waals surface area (Å²) in [6.45, 7) is 4.49. The maximum Gasteiger partial charge on any atom is 0.112 e. The summed E-state index contributed by atoms with van der Waals surface area (Å²) in [7, 11) is 0. The largest absolute Gasteiger partial charge is 0.328 e. The number of nitrogens with one attached hydrogen (secondary N) is 1. The molecule has 0 amide bonds. The molecule has 0 spiro atoms. The quantitative estimate of drug-likeness (QED) is 0.800. The lowest BCUT2D eigenvalue weighted by Crippen LogP contribution is -2.32. The highest BCUT2D eigenvalue weighted by molar-refractivity contribution is 5.14. The Morgan fingerprint density at radius 2 is 2.27 bits per heavy atom. The SMILES string of the molecule is Cc1cnc(C2CC2)n1[C@@H]1CCCNC1. The monoisotopic (exact) mass is 205 g/mol. The number of nitrogens with zero attached hydrogens (tertiary/aromatic N) is 2. The standard InChI is InChI=1S/C12H19N3/c1-9-7-14-12(10-4-5-10)15(9)11-3-2-6-13-8-11/h7,10-11,13H,2-6,8H2,1H3/t11-/m1/s1. The predicted octanol–water partition coefficient (Wildman–Crippen LogP) is 1.99. The molecule has 1 aliphatic heterocycles. The van der Waals surface area contributed by atoms with Gasteiger partial charge in [-0.2, -0.15) is 0 Å². The minimum atomic E-state index is 0.650. The first-order valence-electron chi connectivity index (χ1n) is 6.10. The molecule has 3 nitrogen and oxygen atoms in total. The van der Waals surface area contributed by atoms with Gasteiger partial charge in [-0.3, -0.25) is 0 Å². The van der Waals surface area contributed by atoms with Crippen LogP contribution in [0.4, 0.5) is 0 Å². The van der Waals surface area contributed by atoms with E-state index >= 15 is 0 Å². The lowest BCUT2D eigenvalue weighted by atomic mass is 10.1. The van der Waals surface area contributed by atoms with Gasteiger partial charge < -0.3 is 9.88 Å². The zero-order valence-corrected chi connectivity index (χ0v) is 9.37. The van der Waals surface area contributed by atoms with Crippen molar-refractivity contribution in [2.45, 2.75) is 44.6 Å². The third-order valence-corrected chi connectivity index (χ3v) is 3.59. The second-order valence-electron chi connectivity index (χ2n) is 4.90. The van der Waals surface area contributed by atoms with Crippen molar-refractivity contribution in [3.8, 4) is 0 Å². The molecule has 2 heterocycles. The summed E-state index contributed by atoms with van der Waals surface area (Å²) < 4.78 is 2.49. The highest BCUT2D eigenvalue weighted by atomic mass is 15.1. The summed E-state index contributed by atoms with van der Waals surface area (Å²) in [6, 6.07) is 0.650. The fourth-order valence-electron chi connectivity index (χ4n) is 2.64. The van der Waals surface area contributed by atoms with Crippen LogP contribution in [0.2, 0.25) is 0 Å². The van der Waals surface area contributed by atoms with Gasteiger partial charge >= 0.3 is 0 Å². The number of hydrogen-bond acceptors (Lipinski definition) is 2. The molecule has 1 atom stereocenters. The second kappa shape index (κ2) is 3.63. The lowest BCUT2D eigenvalue weighted by Gasteiger charge is -2.27. The Labute approximate surface area is 90.9 Å². The van der Waals surface area contributed by atoms with Gasteiger partial charge in [-0.25, -0.2) is 4.98 Å². The Balaban J connectivity index is 1.90. The molecule has 1 saturated heterocycles. The molecule has 2 fully saturated rings. The van der Waals surface area contributed by atoms with Gasteiger partial charge in [0.2, 0.25) is 0 Å². The van der Waals surface area contributed by atoms with Crippen molar-refractivity contribution in [3.63, 3.8) is 0 Å². The zero-order valence-electron chi connectivity index (χ0n) is 9.37. The van der Waals surface area contributed by atoms with Crippen LogP contribution in [0, 0.1) is 6.92 Å². The van der Waals surface area contributed by atoms with Crippen molar-refractivity contribution in [2.75, 3.05) is 13.1 Å². The van der Waals surface area contributed by atoms with E-state index in [2.05, 4.69) is 21.8 Å². The molecule has 3 heteroatoms. The van der Waals surface area contributed by atoms with Crippen LogP contribution in [0.1, 0.15) is 49.2 Å². The fourth-order valence-corrected chi connectivity index (χ4v) is 2.64. The molecule has 15 heavy (non-hydrogen) atoms. The average molecular weight is 205 g/mol. The minimum absolute atomic E-state index is 0.650. The van der Waals surface area contributed by atoms with Crippen molar-refractivity contribution in [3.05, 3.63) is 17.7 Å². The van der Waals surface area contributed by atoms with Crippen LogP contribution in [0.15, 0.2) is 6.20 Å². The van der Waals surface area contributed by atoms with Gasteiger partial charge in [0, 0.05) is 30.4 Å². The van der Waals surface area contributed by atoms with Crippen LogP contribution >= 0.6 is 0 Å². The van der Waals surface area contributed by atoms with E-state index in [1.807, 2.05) is 6.20 Å². The van der Waals surface area contributed by atoms with Crippen LogP contribution in [0.25, 0.3) is 0 Å². The third kappa shape index (κ3) is 1.69. The molecule has 0 bridgehead atoms. The fraction of sp³-hybridized carbons (Fsp3) is 0.750. The second-order valence-corrected chi connectivity index (χ2v) is 4.90. The van der Waals surface area contributed by atoms with Gasteiger partial charge in [0.15, 0.2) is 0 Å². The molecule has 1 aromatic heterocycles. The maximum atomic E-state index is 4.59. The van der Waals surface area contributed by atoms with Crippen LogP contribution in [-0.4, -0.2) is 22.6 Å². The molecular formula is C12H19N3. The van der Waals surface area contributed by atoms with Gasteiger partial charge in [0.05, 0.1) is 0 Å². The topological polar surface area (TPSA) is 29.9 Å². The van der Waals surface area contributed by atoms with Crippen molar-refractivity contribution < 1.29 is 0 Å². The van der Waals surface area contributed by atoms with Crippen LogP contribution in [-0.2, 0) is 0 Å². The molecule has 0 aromatic carbocycles. The summed E-state index contributed by atoms with van der Waals surface area (Å²) >= 11 is 0. The number of hydrogen-bond donors (Lipinski definition) is 1. The summed E-state index contributed by atoms with van der Waals surface area (Å²) in [6.07, 6.45) is 7.34. The van der Waals surface area contributed by atoms with E-state index in [0.29, 0.717) is 6.04 Å². The molecular weight excluding hydrogens is 186 g/mol. The van der Waals surface area contributed by atoms with Crippen molar-refractivity contribution in [2.24, 2.45) is 0 Å². The van der Waals surface area contributed by atoms with Crippen molar-refractivity contribution in [1.82, 2.24) is 14.9 Å². The number of piperidine rings is 1. The number of aromatic nitrogens is 2. The molecule has 3 rings (SSSR count). The first-order chi connectivity index (χ1) is 7.36. The Hall–Kier alpha value is -0.830. The van der Waals surface area contributed by atoms with Crippen molar-refractivity contribution >= 4 is 0 Å². The van der Waals surface area contributed by atoms with Crippen LogP contribution in [0.5, 0.6) is 0 Å². The molecule has 1 aliphatic carbocycles. The van der Waals surface area contributed by atoms with E-state index in [4.69, 9.17) is 0 Å². The van der Waals surface area contributed by atoms with E-state index in [1.165, 1.54) is 43.7 Å². The molecule has 0 unspecified atom stereocenters. The van der Waals surface area contributed by atoms with E-state index < -0.39 is 0 Å². The molecule has 82 valence electrons. The number of rotatable bonds is 2. The summed E-state index contributed by atoms with van der Waals surface area (Å²) in [4.78, 5) is 4.59. The summed E-state index contributed by atoms with van der Waals surface area (Å²) in [5.74, 6) is 2.11. The lowest BCUT2D eigenvalue weighted by molar-refractivity contribution is 0.359. The van der Waals surface area contributed by atoms with Crippen molar-refractivity contribution in [1.29, 1.82) is 0 Å². The normalized spacial score (nSPS) is 26.9. The Kier molecular flexibility index (Phi) is 2.28. The van der Waals surface area contributed by atoms with Crippen LogP contribution in [0.3, 0.4) is 0 Å². The van der Waals surface area contributed by atoms with E-state index in [0.717, 1.165) is 12.5 Å². The first-order valence-corrected chi connectivity index (χ1v) is 6.10. The highest BCUT2D eigenvalue weighted by Crippen LogP contribution is 2.41. The van der Waals surface area contributed by atoms with Gasteiger partial charge in [-0.15, -0.1) is 0 Å². The number of imidazole rings is 1. The van der Waals surface area contributed by atoms with E-state index in [-0.39, 0.29) is 0 Å². The smallest absolute Gasteiger partial charge is 0.112 e. The third-order valence-electron chi connectivity index (χ3n) is 3.59. The summed E-state index contributed by atoms with van der Waals surface area (Å²) in [5.41, 5.74) is 1.34. The minimum Gasteiger partial charge on any atom is -0.328 e. The molecule has 1 N–H and O–H groups in total. The van der Waals surface area contributed by atoms with Gasteiger partial charge in [-0.1, -0.05) is 0 Å². The highest BCUT2D eigenvalue weighted by Gasteiger charge is 2.31. The first kappa shape index (κ1) is 9.40. The molecule has 0 radical (unpaired) electrons. The molecule has 1 saturated carbocycles. The van der Waals surface area contributed by atoms with E-state index in [9.17, 15) is 0 Å². The Bertz CT molecular complexity index is 346.